The summed E-state index contributed by atoms with van der Waals surface area (Å²) in [6.45, 7) is 1.53. The van der Waals surface area contributed by atoms with Gasteiger partial charge in [-0.2, -0.15) is 13.2 Å². The van der Waals surface area contributed by atoms with E-state index in [-0.39, 0.29) is 23.2 Å². The van der Waals surface area contributed by atoms with Gasteiger partial charge in [-0.05, 0) is 67.7 Å². The Morgan fingerprint density at radius 1 is 1.09 bits per heavy atom. The standard InChI is InChI=1S/C24H29F3N4O/c25-24(26,27)23-21(2-1-7-28-23)22-4-3-19(12-29-22)30-20-10-17-14-31(15-18(17)11-20)13-16-5-8-32-9-6-16/h1-4,7,12,16-18,20,30H,5-6,8-11,13-15H2/t17-,18+,20?/i13D2. The van der Waals surface area contributed by atoms with Crippen molar-refractivity contribution in [2.45, 2.75) is 37.9 Å². The van der Waals surface area contributed by atoms with Gasteiger partial charge in [-0.3, -0.25) is 9.97 Å². The number of fused-ring (bicyclic) bond motifs is 1. The van der Waals surface area contributed by atoms with Gasteiger partial charge in [-0.15, -0.1) is 0 Å². The molecule has 0 radical (unpaired) electrons. The fourth-order valence-corrected chi connectivity index (χ4v) is 5.32. The van der Waals surface area contributed by atoms with Gasteiger partial charge in [-0.1, -0.05) is 0 Å². The van der Waals surface area contributed by atoms with Crippen LogP contribution < -0.4 is 5.32 Å². The fraction of sp³-hybridized carbons (Fsp3) is 0.583. The molecule has 2 saturated heterocycles. The van der Waals surface area contributed by atoms with E-state index in [0.29, 0.717) is 25.0 Å². The minimum absolute atomic E-state index is 0.0243. The van der Waals surface area contributed by atoms with Crippen molar-refractivity contribution in [2.75, 3.05) is 38.1 Å². The number of pyridine rings is 2. The van der Waals surface area contributed by atoms with E-state index in [1.165, 1.54) is 12.1 Å². The highest BCUT2D eigenvalue weighted by Crippen LogP contribution is 2.40. The zero-order chi connectivity index (χ0) is 23.9. The first-order valence-corrected chi connectivity index (χ1v) is 11.3. The van der Waals surface area contributed by atoms with Crippen LogP contribution in [-0.4, -0.2) is 53.7 Å². The van der Waals surface area contributed by atoms with Crippen LogP contribution in [0.4, 0.5) is 18.9 Å². The van der Waals surface area contributed by atoms with Crippen LogP contribution in [0, 0.1) is 17.8 Å². The highest BCUT2D eigenvalue weighted by atomic mass is 19.4. The Bertz CT molecular complexity index is 984. The Morgan fingerprint density at radius 3 is 2.50 bits per heavy atom. The number of ether oxygens (including phenoxy) is 1. The second kappa shape index (κ2) is 8.98. The molecule has 1 unspecified atom stereocenters. The monoisotopic (exact) mass is 448 g/mol. The lowest BCUT2D eigenvalue weighted by Gasteiger charge is -2.27. The molecule has 0 amide bonds. The number of nitrogens with zero attached hydrogens (tertiary/aromatic N) is 3. The Hall–Kier alpha value is -2.19. The number of hydrogen-bond donors (Lipinski definition) is 1. The molecule has 5 rings (SSSR count). The normalized spacial score (nSPS) is 28.3. The summed E-state index contributed by atoms with van der Waals surface area (Å²) in [5.74, 6) is 0.921. The molecule has 32 heavy (non-hydrogen) atoms. The van der Waals surface area contributed by atoms with Gasteiger partial charge in [0, 0.05) is 53.3 Å². The number of anilines is 1. The van der Waals surface area contributed by atoms with Crippen LogP contribution in [0.3, 0.4) is 0 Å². The third kappa shape index (κ3) is 4.76. The Kier molecular flexibility index (Phi) is 5.42. The van der Waals surface area contributed by atoms with Crippen LogP contribution in [-0.2, 0) is 10.9 Å². The largest absolute Gasteiger partial charge is 0.434 e. The second-order valence-corrected chi connectivity index (χ2v) is 9.08. The van der Waals surface area contributed by atoms with Gasteiger partial charge in [0.25, 0.3) is 0 Å². The molecule has 5 nitrogen and oxygen atoms in total. The van der Waals surface area contributed by atoms with Crippen molar-refractivity contribution in [2.24, 2.45) is 17.8 Å². The first-order valence-electron chi connectivity index (χ1n) is 12.3. The van der Waals surface area contributed by atoms with Crippen molar-refractivity contribution in [1.82, 2.24) is 14.9 Å². The summed E-state index contributed by atoms with van der Waals surface area (Å²) >= 11 is 0. The van der Waals surface area contributed by atoms with E-state index >= 15 is 0 Å². The summed E-state index contributed by atoms with van der Waals surface area (Å²) in [5, 5.41) is 3.48. The maximum atomic E-state index is 13.3. The van der Waals surface area contributed by atoms with E-state index in [1.807, 2.05) is 4.90 Å². The number of aromatic nitrogens is 2. The molecule has 172 valence electrons. The van der Waals surface area contributed by atoms with Gasteiger partial charge >= 0.3 is 6.18 Å². The van der Waals surface area contributed by atoms with Crippen molar-refractivity contribution in [3.63, 3.8) is 0 Å². The Balaban J connectivity index is 1.19. The van der Waals surface area contributed by atoms with Crippen molar-refractivity contribution in [1.29, 1.82) is 0 Å². The number of halogens is 3. The van der Waals surface area contributed by atoms with Gasteiger partial charge in [0.15, 0.2) is 5.69 Å². The third-order valence-corrected chi connectivity index (χ3v) is 6.82. The molecule has 8 heteroatoms. The maximum Gasteiger partial charge on any atom is 0.434 e. The number of likely N-dealkylation sites (tertiary alicyclic amines) is 1. The molecule has 4 heterocycles. The summed E-state index contributed by atoms with van der Waals surface area (Å²) in [7, 11) is 0. The fourth-order valence-electron chi connectivity index (χ4n) is 5.32. The second-order valence-electron chi connectivity index (χ2n) is 9.08. The molecule has 3 fully saturated rings. The van der Waals surface area contributed by atoms with Crippen molar-refractivity contribution >= 4 is 5.69 Å². The van der Waals surface area contributed by atoms with Gasteiger partial charge < -0.3 is 15.0 Å². The molecular formula is C24H29F3N4O. The van der Waals surface area contributed by atoms with Crippen molar-refractivity contribution < 1.29 is 20.6 Å². The summed E-state index contributed by atoms with van der Waals surface area (Å²) in [5.41, 5.74) is 0.0497. The summed E-state index contributed by atoms with van der Waals surface area (Å²) in [6, 6.07) is 6.47. The molecule has 0 aromatic carbocycles. The number of nitrogens with one attached hydrogen (secondary N) is 1. The van der Waals surface area contributed by atoms with E-state index in [0.717, 1.165) is 50.7 Å². The third-order valence-electron chi connectivity index (χ3n) is 6.82. The first kappa shape index (κ1) is 19.3. The van der Waals surface area contributed by atoms with E-state index < -0.39 is 18.4 Å². The van der Waals surface area contributed by atoms with Gasteiger partial charge in [0.2, 0.25) is 0 Å². The van der Waals surface area contributed by atoms with Crippen LogP contribution in [0.5, 0.6) is 0 Å². The van der Waals surface area contributed by atoms with E-state index in [4.69, 9.17) is 7.48 Å². The molecule has 0 spiro atoms. The summed E-state index contributed by atoms with van der Waals surface area (Å²) < 4.78 is 62.6. The van der Waals surface area contributed by atoms with Crippen LogP contribution >= 0.6 is 0 Å². The van der Waals surface area contributed by atoms with Crippen molar-refractivity contribution in [3.05, 3.63) is 42.4 Å². The van der Waals surface area contributed by atoms with E-state index in [9.17, 15) is 13.2 Å². The predicted octanol–water partition coefficient (Wildman–Crippen LogP) is 4.71. The zero-order valence-electron chi connectivity index (χ0n) is 19.8. The van der Waals surface area contributed by atoms with Gasteiger partial charge in [0.1, 0.15) is 0 Å². The summed E-state index contributed by atoms with van der Waals surface area (Å²) in [4.78, 5) is 9.80. The summed E-state index contributed by atoms with van der Waals surface area (Å²) in [6.07, 6.45) is 1.62. The average molecular weight is 449 g/mol. The Labute approximate surface area is 189 Å². The minimum Gasteiger partial charge on any atom is -0.381 e. The molecular weight excluding hydrogens is 417 g/mol. The molecule has 3 aliphatic rings. The van der Waals surface area contributed by atoms with E-state index in [1.54, 1.807) is 18.3 Å². The smallest absolute Gasteiger partial charge is 0.381 e. The minimum atomic E-state index is -4.54. The molecule has 2 aliphatic heterocycles. The van der Waals surface area contributed by atoms with Gasteiger partial charge in [0.05, 0.1) is 17.6 Å². The SMILES string of the molecule is [2H]C([2H])(C1CCOCC1)N1C[C@H]2CC(Nc3ccc(-c4cccnc4C(F)(F)F)nc3)C[C@H]2C1. The van der Waals surface area contributed by atoms with Crippen LogP contribution in [0.1, 0.15) is 34.1 Å². The van der Waals surface area contributed by atoms with Crippen LogP contribution in [0.25, 0.3) is 11.3 Å². The molecule has 0 bridgehead atoms. The number of hydrogen-bond acceptors (Lipinski definition) is 5. The number of alkyl halides is 3. The zero-order valence-corrected chi connectivity index (χ0v) is 17.8. The highest BCUT2D eigenvalue weighted by molar-refractivity contribution is 5.64. The lowest BCUT2D eigenvalue weighted by molar-refractivity contribution is -0.140. The average Bonchev–Trinajstić information content (AvgIpc) is 3.39. The molecule has 1 N–H and O–H groups in total. The topological polar surface area (TPSA) is 50.3 Å². The molecule has 3 atom stereocenters. The Morgan fingerprint density at radius 2 is 1.84 bits per heavy atom. The quantitative estimate of drug-likeness (QED) is 0.718. The highest BCUT2D eigenvalue weighted by Gasteiger charge is 2.41. The lowest BCUT2D eigenvalue weighted by atomic mass is 10.00. The van der Waals surface area contributed by atoms with Crippen molar-refractivity contribution in [3.8, 4) is 11.3 Å². The first-order chi connectivity index (χ1) is 16.2. The van der Waals surface area contributed by atoms with Crippen LogP contribution in [0.2, 0.25) is 0 Å². The molecule has 2 aromatic heterocycles. The predicted molar refractivity (Wildman–Crippen MR) is 116 cm³/mol. The number of rotatable bonds is 5. The molecule has 1 aliphatic carbocycles. The van der Waals surface area contributed by atoms with Gasteiger partial charge in [-0.25, -0.2) is 0 Å². The van der Waals surface area contributed by atoms with Crippen LogP contribution in [0.15, 0.2) is 36.7 Å². The molecule has 2 aromatic rings. The lowest BCUT2D eigenvalue weighted by Crippen LogP contribution is -2.32. The van der Waals surface area contributed by atoms with E-state index in [2.05, 4.69) is 15.3 Å². The maximum absolute atomic E-state index is 13.3. The molecule has 1 saturated carbocycles.